The number of piperidine rings is 1. The first kappa shape index (κ1) is 17.7. The highest BCUT2D eigenvalue weighted by atomic mass is 16.5. The lowest BCUT2D eigenvalue weighted by Gasteiger charge is -2.33. The molecule has 2 saturated heterocycles. The Hall–Kier alpha value is -2.07. The molecule has 10 heteroatoms. The summed E-state index contributed by atoms with van der Waals surface area (Å²) in [5.74, 6) is 0.116. The number of nitrogens with zero attached hydrogens (tertiary/aromatic N) is 6. The molecule has 2 aliphatic rings. The van der Waals surface area contributed by atoms with Crippen molar-refractivity contribution in [2.24, 2.45) is 0 Å². The van der Waals surface area contributed by atoms with Crippen LogP contribution in [0.5, 0.6) is 0 Å². The monoisotopic (exact) mass is 352 g/mol. The van der Waals surface area contributed by atoms with Gasteiger partial charge in [-0.15, -0.1) is 5.10 Å². The van der Waals surface area contributed by atoms with Crippen molar-refractivity contribution < 1.29 is 19.1 Å². The Morgan fingerprint density at radius 3 is 2.80 bits per heavy atom. The second-order valence-corrected chi connectivity index (χ2v) is 6.26. The lowest BCUT2D eigenvalue weighted by Crippen LogP contribution is -2.49. The number of amides is 1. The zero-order chi connectivity index (χ0) is 17.6. The van der Waals surface area contributed by atoms with E-state index in [4.69, 9.17) is 9.47 Å². The predicted molar refractivity (Wildman–Crippen MR) is 85.3 cm³/mol. The van der Waals surface area contributed by atoms with Crippen LogP contribution in [0.3, 0.4) is 0 Å². The molecule has 138 valence electrons. The number of hydrogen-bond donors (Lipinski definition) is 0. The molecule has 2 fully saturated rings. The van der Waals surface area contributed by atoms with Gasteiger partial charge in [-0.05, 0) is 29.7 Å². The Morgan fingerprint density at radius 1 is 1.24 bits per heavy atom. The van der Waals surface area contributed by atoms with Crippen LogP contribution < -0.4 is 0 Å². The molecule has 1 amide bonds. The summed E-state index contributed by atoms with van der Waals surface area (Å²) in [7, 11) is 1.35. The van der Waals surface area contributed by atoms with E-state index in [1.807, 2.05) is 0 Å². The Bertz CT molecular complexity index is 601. The summed E-state index contributed by atoms with van der Waals surface area (Å²) in [5.41, 5.74) is 0. The van der Waals surface area contributed by atoms with Crippen LogP contribution in [0.1, 0.15) is 25.1 Å². The molecule has 2 aliphatic heterocycles. The molecule has 10 nitrogen and oxygen atoms in total. The zero-order valence-electron chi connectivity index (χ0n) is 14.5. The largest absolute Gasteiger partial charge is 0.467 e. The number of likely N-dealkylation sites (tertiary alicyclic amines) is 1. The maximum Gasteiger partial charge on any atom is 0.328 e. The average molecular weight is 352 g/mol. The summed E-state index contributed by atoms with van der Waals surface area (Å²) in [6.45, 7) is 4.17. The molecular weight excluding hydrogens is 328 g/mol. The number of carbonyl (C=O) groups excluding carboxylic acids is 2. The molecule has 0 saturated carbocycles. The topological polar surface area (TPSA) is 103 Å². The van der Waals surface area contributed by atoms with E-state index in [1.54, 1.807) is 4.90 Å². The third kappa shape index (κ3) is 4.31. The second kappa shape index (κ2) is 8.34. The number of rotatable bonds is 5. The van der Waals surface area contributed by atoms with Crippen LogP contribution in [0.4, 0.5) is 0 Å². The number of esters is 1. The summed E-state index contributed by atoms with van der Waals surface area (Å²) >= 11 is 0. The molecule has 0 unspecified atom stereocenters. The van der Waals surface area contributed by atoms with Crippen molar-refractivity contribution in [2.45, 2.75) is 38.4 Å². The number of methoxy groups -OCH3 is 1. The van der Waals surface area contributed by atoms with E-state index < -0.39 is 6.04 Å². The molecule has 0 aromatic carbocycles. The second-order valence-electron chi connectivity index (χ2n) is 6.26. The summed E-state index contributed by atoms with van der Waals surface area (Å²) < 4.78 is 11.7. The van der Waals surface area contributed by atoms with E-state index >= 15 is 0 Å². The fraction of sp³-hybridized carbons (Fsp3) is 0.800. The van der Waals surface area contributed by atoms with Crippen LogP contribution in [-0.4, -0.2) is 87.9 Å². The number of tetrazole rings is 1. The van der Waals surface area contributed by atoms with Gasteiger partial charge in [0.2, 0.25) is 5.91 Å². The fourth-order valence-electron chi connectivity index (χ4n) is 3.25. The highest BCUT2D eigenvalue weighted by Gasteiger charge is 2.33. The van der Waals surface area contributed by atoms with Crippen LogP contribution in [-0.2, 0) is 32.2 Å². The normalized spacial score (nSPS) is 22.0. The van der Waals surface area contributed by atoms with Gasteiger partial charge >= 0.3 is 5.97 Å². The molecule has 3 rings (SSSR count). The molecule has 1 atom stereocenters. The predicted octanol–water partition coefficient (Wildman–Crippen LogP) is -0.941. The molecule has 1 aromatic rings. The Labute approximate surface area is 146 Å². The van der Waals surface area contributed by atoms with Gasteiger partial charge in [-0.1, -0.05) is 0 Å². The molecule has 0 spiro atoms. The van der Waals surface area contributed by atoms with E-state index in [0.717, 1.165) is 25.9 Å². The quantitative estimate of drug-likeness (QED) is 0.626. The third-order valence-electron chi connectivity index (χ3n) is 4.66. The SMILES string of the molecule is COC(=O)[C@H]1CCCCN1C(=O)Cn1nnnc1CN1CCOCC1. The van der Waals surface area contributed by atoms with E-state index in [-0.39, 0.29) is 18.4 Å². The van der Waals surface area contributed by atoms with E-state index in [0.29, 0.717) is 38.5 Å². The number of hydrogen-bond acceptors (Lipinski definition) is 8. The van der Waals surface area contributed by atoms with Gasteiger partial charge < -0.3 is 14.4 Å². The summed E-state index contributed by atoms with van der Waals surface area (Å²) in [4.78, 5) is 28.4. The van der Waals surface area contributed by atoms with Gasteiger partial charge in [0.15, 0.2) is 5.82 Å². The smallest absolute Gasteiger partial charge is 0.328 e. The number of ether oxygens (including phenoxy) is 2. The van der Waals surface area contributed by atoms with Crippen molar-refractivity contribution >= 4 is 11.9 Å². The van der Waals surface area contributed by atoms with Gasteiger partial charge in [-0.2, -0.15) is 0 Å². The third-order valence-corrected chi connectivity index (χ3v) is 4.66. The van der Waals surface area contributed by atoms with Crippen molar-refractivity contribution in [1.82, 2.24) is 30.0 Å². The van der Waals surface area contributed by atoms with E-state index in [1.165, 1.54) is 11.8 Å². The highest BCUT2D eigenvalue weighted by Crippen LogP contribution is 2.19. The fourth-order valence-corrected chi connectivity index (χ4v) is 3.25. The number of aromatic nitrogens is 4. The van der Waals surface area contributed by atoms with Crippen LogP contribution in [0.15, 0.2) is 0 Å². The minimum Gasteiger partial charge on any atom is -0.467 e. The molecule has 1 aromatic heterocycles. The van der Waals surface area contributed by atoms with Crippen molar-refractivity contribution in [1.29, 1.82) is 0 Å². The van der Waals surface area contributed by atoms with Crippen molar-refractivity contribution in [3.8, 4) is 0 Å². The molecule has 25 heavy (non-hydrogen) atoms. The highest BCUT2D eigenvalue weighted by molar-refractivity contribution is 5.84. The lowest BCUT2D eigenvalue weighted by molar-refractivity contribution is -0.155. The first-order chi connectivity index (χ1) is 12.2. The minimum absolute atomic E-state index is 0.0279. The molecule has 3 heterocycles. The van der Waals surface area contributed by atoms with Crippen molar-refractivity contribution in [3.05, 3.63) is 5.82 Å². The Balaban J connectivity index is 1.64. The summed E-state index contributed by atoms with van der Waals surface area (Å²) in [5, 5.41) is 11.7. The Morgan fingerprint density at radius 2 is 2.04 bits per heavy atom. The Kier molecular flexibility index (Phi) is 5.92. The first-order valence-electron chi connectivity index (χ1n) is 8.61. The molecule has 0 radical (unpaired) electrons. The standard InChI is InChI=1S/C15H24N6O4/c1-24-15(23)12-4-2-3-5-20(12)14(22)11-21-13(16-17-18-21)10-19-6-8-25-9-7-19/h12H,2-11H2,1H3/t12-/m1/s1. The first-order valence-corrected chi connectivity index (χ1v) is 8.61. The number of carbonyl (C=O) groups is 2. The van der Waals surface area contributed by atoms with Gasteiger partial charge in [0.25, 0.3) is 0 Å². The van der Waals surface area contributed by atoms with Crippen LogP contribution in [0, 0.1) is 0 Å². The van der Waals surface area contributed by atoms with Crippen LogP contribution in [0.25, 0.3) is 0 Å². The van der Waals surface area contributed by atoms with Gasteiger partial charge in [-0.3, -0.25) is 9.69 Å². The summed E-state index contributed by atoms with van der Waals surface area (Å²) in [6.07, 6.45) is 2.43. The average Bonchev–Trinajstić information content (AvgIpc) is 3.08. The van der Waals surface area contributed by atoms with E-state index in [9.17, 15) is 9.59 Å². The van der Waals surface area contributed by atoms with Gasteiger partial charge in [0, 0.05) is 19.6 Å². The summed E-state index contributed by atoms with van der Waals surface area (Å²) in [6, 6.07) is -0.509. The van der Waals surface area contributed by atoms with Gasteiger partial charge in [0.05, 0.1) is 26.9 Å². The zero-order valence-corrected chi connectivity index (χ0v) is 14.5. The maximum absolute atomic E-state index is 12.7. The lowest BCUT2D eigenvalue weighted by atomic mass is 10.0. The minimum atomic E-state index is -0.509. The van der Waals surface area contributed by atoms with Gasteiger partial charge in [0.1, 0.15) is 12.6 Å². The molecular formula is C15H24N6O4. The molecule has 0 bridgehead atoms. The van der Waals surface area contributed by atoms with E-state index in [2.05, 4.69) is 20.4 Å². The van der Waals surface area contributed by atoms with Gasteiger partial charge in [-0.25, -0.2) is 9.48 Å². The maximum atomic E-state index is 12.7. The van der Waals surface area contributed by atoms with Crippen molar-refractivity contribution in [2.75, 3.05) is 40.0 Å². The molecule has 0 aliphatic carbocycles. The molecule has 0 N–H and O–H groups in total. The van der Waals surface area contributed by atoms with Crippen molar-refractivity contribution in [3.63, 3.8) is 0 Å². The number of morpholine rings is 1. The van der Waals surface area contributed by atoms with Crippen LogP contribution in [0.2, 0.25) is 0 Å². The van der Waals surface area contributed by atoms with Crippen LogP contribution >= 0.6 is 0 Å².